The Balaban J connectivity index is 2.34. The third-order valence-corrected chi connectivity index (χ3v) is 6.05. The summed E-state index contributed by atoms with van der Waals surface area (Å²) in [6, 6.07) is 0. The molecule has 3 heteroatoms. The number of esters is 1. The summed E-state index contributed by atoms with van der Waals surface area (Å²) in [5, 5.41) is 0. The molecule has 0 amide bonds. The van der Waals surface area contributed by atoms with Crippen LogP contribution in [0.15, 0.2) is 0 Å². The first-order valence-corrected chi connectivity index (χ1v) is 6.56. The van der Waals surface area contributed by atoms with Crippen molar-refractivity contribution in [1.29, 1.82) is 0 Å². The fraction of sp³-hybridized carbons (Fsp3) is 0.833. The van der Waals surface area contributed by atoms with E-state index in [1.807, 2.05) is 13.8 Å². The summed E-state index contributed by atoms with van der Waals surface area (Å²) in [7, 11) is 0. The predicted molar refractivity (Wildman–Crippen MR) is 35.6 cm³/mol. The van der Waals surface area contributed by atoms with E-state index in [1.165, 1.54) is 4.44 Å². The number of hydrogen-bond acceptors (Lipinski definition) is 2. The van der Waals surface area contributed by atoms with Gasteiger partial charge in [-0.3, -0.25) is 0 Å². The van der Waals surface area contributed by atoms with Gasteiger partial charge in [-0.25, -0.2) is 0 Å². The Morgan fingerprint density at radius 1 is 1.89 bits per heavy atom. The number of rotatable bonds is 2. The van der Waals surface area contributed by atoms with E-state index in [0.717, 1.165) is 0 Å². The van der Waals surface area contributed by atoms with Crippen LogP contribution in [0.25, 0.3) is 0 Å². The van der Waals surface area contributed by atoms with Crippen LogP contribution in [-0.4, -0.2) is 33.7 Å². The van der Waals surface area contributed by atoms with Crippen molar-refractivity contribution in [3.63, 3.8) is 0 Å². The Labute approximate surface area is 65.2 Å². The maximum atomic E-state index is 10.9. The molecule has 1 unspecified atom stereocenters. The van der Waals surface area contributed by atoms with E-state index in [-0.39, 0.29) is 30.5 Å². The molecule has 48 valence electrons. The second kappa shape index (κ2) is 2.48. The molecule has 1 aliphatic rings. The van der Waals surface area contributed by atoms with Crippen LogP contribution in [-0.2, 0) is 9.53 Å². The van der Waals surface area contributed by atoms with E-state index in [4.69, 9.17) is 4.74 Å². The molecule has 0 aromatic rings. The van der Waals surface area contributed by atoms with Crippen LogP contribution in [0, 0.1) is 0 Å². The van der Waals surface area contributed by atoms with Crippen LogP contribution in [0.5, 0.6) is 0 Å². The SMILES string of the molecule is CCOC(=O)[C]1(C)[CH2][Sn+2]1. The minimum absolute atomic E-state index is 0.0524. The van der Waals surface area contributed by atoms with Gasteiger partial charge in [0.25, 0.3) is 0 Å². The van der Waals surface area contributed by atoms with Crippen LogP contribution in [0.4, 0.5) is 0 Å². The van der Waals surface area contributed by atoms with E-state index in [2.05, 4.69) is 0 Å². The van der Waals surface area contributed by atoms with Crippen molar-refractivity contribution >= 4 is 27.1 Å². The van der Waals surface area contributed by atoms with Gasteiger partial charge in [-0.15, -0.1) is 0 Å². The molecule has 1 heterocycles. The molecule has 1 fully saturated rings. The van der Waals surface area contributed by atoms with Crippen molar-refractivity contribution in [3.8, 4) is 0 Å². The molecule has 1 aliphatic heterocycles. The summed E-state index contributed by atoms with van der Waals surface area (Å²) < 4.78 is 6.12. The Bertz CT molecular complexity index is 129. The van der Waals surface area contributed by atoms with Gasteiger partial charge in [0.2, 0.25) is 0 Å². The normalized spacial score (nSPS) is 30.0. The summed E-state index contributed by atoms with van der Waals surface area (Å²) in [6.07, 6.45) is 0. The molecule has 0 aliphatic carbocycles. The molecular weight excluding hydrogens is 223 g/mol. The van der Waals surface area contributed by atoms with Crippen LogP contribution in [0.3, 0.4) is 0 Å². The standard InChI is InChI=1S/C6H10O2.Sn/c1-4-8-6(7)5(2)3;/h2,4H2,1,3H3;/q;+2. The molecule has 1 saturated heterocycles. The zero-order valence-electron chi connectivity index (χ0n) is 5.73. The molecule has 0 radical (unpaired) electrons. The Morgan fingerprint density at radius 2 is 2.44 bits per heavy atom. The number of ether oxygens (including phenoxy) is 1. The Hall–Kier alpha value is 0.269. The second-order valence-corrected chi connectivity index (χ2v) is 7.57. The molecule has 0 spiro atoms. The third-order valence-electron chi connectivity index (χ3n) is 1.43. The summed E-state index contributed by atoms with van der Waals surface area (Å²) in [6.45, 7) is 4.42. The van der Waals surface area contributed by atoms with Crippen molar-refractivity contribution in [2.45, 2.75) is 21.7 Å². The van der Waals surface area contributed by atoms with Gasteiger partial charge in [0, 0.05) is 0 Å². The molecule has 0 N–H and O–H groups in total. The molecule has 9 heavy (non-hydrogen) atoms. The van der Waals surface area contributed by atoms with Crippen molar-refractivity contribution in [1.82, 2.24) is 0 Å². The van der Waals surface area contributed by atoms with Crippen LogP contribution >= 0.6 is 0 Å². The van der Waals surface area contributed by atoms with E-state index < -0.39 is 0 Å². The van der Waals surface area contributed by atoms with Gasteiger partial charge in [0.1, 0.15) is 0 Å². The van der Waals surface area contributed by atoms with Gasteiger partial charge in [0.15, 0.2) is 0 Å². The van der Waals surface area contributed by atoms with Gasteiger partial charge in [-0.1, -0.05) is 0 Å². The molecule has 0 aromatic carbocycles. The van der Waals surface area contributed by atoms with Gasteiger partial charge in [-0.2, -0.15) is 0 Å². The number of carbonyl (C=O) groups excluding carboxylic acids is 1. The zero-order chi connectivity index (χ0) is 6.91. The molecule has 0 bridgehead atoms. The van der Waals surface area contributed by atoms with Crippen LogP contribution in [0.2, 0.25) is 7.87 Å². The average Bonchev–Trinajstić information content (AvgIpc) is 2.50. The van der Waals surface area contributed by atoms with Gasteiger partial charge in [0.05, 0.1) is 0 Å². The van der Waals surface area contributed by atoms with E-state index in [9.17, 15) is 4.79 Å². The van der Waals surface area contributed by atoms with Gasteiger partial charge in [-0.05, 0) is 0 Å². The number of hydrogen-bond donors (Lipinski definition) is 0. The second-order valence-electron chi connectivity index (χ2n) is 2.41. The monoisotopic (exact) mass is 234 g/mol. The first-order valence-electron chi connectivity index (χ1n) is 3.11. The third kappa shape index (κ3) is 1.60. The average molecular weight is 233 g/mol. The van der Waals surface area contributed by atoms with E-state index in [1.54, 1.807) is 0 Å². The van der Waals surface area contributed by atoms with Crippen LogP contribution < -0.4 is 0 Å². The fourth-order valence-corrected chi connectivity index (χ4v) is 2.35. The summed E-state index contributed by atoms with van der Waals surface area (Å²) in [5.41, 5.74) is 0. The summed E-state index contributed by atoms with van der Waals surface area (Å²) >= 11 is -0.296. The van der Waals surface area contributed by atoms with Crippen LogP contribution in [0.1, 0.15) is 13.8 Å². The van der Waals surface area contributed by atoms with Crippen molar-refractivity contribution in [2.75, 3.05) is 6.61 Å². The summed E-state index contributed by atoms with van der Waals surface area (Å²) in [4.78, 5) is 10.9. The topological polar surface area (TPSA) is 26.3 Å². The molecular formula is C6H10O2Sn+2. The molecule has 0 aromatic heterocycles. The molecule has 0 saturated carbocycles. The fourth-order valence-electron chi connectivity index (χ4n) is 0.567. The molecule has 2 nitrogen and oxygen atoms in total. The van der Waals surface area contributed by atoms with Crippen molar-refractivity contribution in [3.05, 3.63) is 0 Å². The Kier molecular flexibility index (Phi) is 2.03. The van der Waals surface area contributed by atoms with E-state index >= 15 is 0 Å². The maximum absolute atomic E-state index is 10.9. The first-order chi connectivity index (χ1) is 4.19. The molecule has 1 rings (SSSR count). The number of carbonyl (C=O) groups is 1. The van der Waals surface area contributed by atoms with Gasteiger partial charge >= 0.3 is 65.0 Å². The predicted octanol–water partition coefficient (Wildman–Crippen LogP) is 0.864. The zero-order valence-corrected chi connectivity index (χ0v) is 8.58. The summed E-state index contributed by atoms with van der Waals surface area (Å²) in [5.74, 6) is 0.0524. The minimum atomic E-state index is -0.296. The Morgan fingerprint density at radius 3 is 2.78 bits per heavy atom. The van der Waals surface area contributed by atoms with Crippen molar-refractivity contribution in [2.24, 2.45) is 0 Å². The van der Waals surface area contributed by atoms with Gasteiger partial charge < -0.3 is 0 Å². The molecule has 1 atom stereocenters. The quantitative estimate of drug-likeness (QED) is 0.522. The first kappa shape index (κ1) is 7.38. The van der Waals surface area contributed by atoms with Crippen molar-refractivity contribution < 1.29 is 9.53 Å². The van der Waals surface area contributed by atoms with E-state index in [0.29, 0.717) is 6.61 Å².